The second-order valence-electron chi connectivity index (χ2n) is 3.41. The fourth-order valence-corrected chi connectivity index (χ4v) is 0.905. The van der Waals surface area contributed by atoms with Crippen molar-refractivity contribution in [2.24, 2.45) is 0 Å². The first kappa shape index (κ1) is 17.1. The lowest BCUT2D eigenvalue weighted by Crippen LogP contribution is -2.40. The highest BCUT2D eigenvalue weighted by Gasteiger charge is 2.22. The monoisotopic (exact) mass is 273 g/mol. The van der Waals surface area contributed by atoms with Gasteiger partial charge in [-0.3, -0.25) is 4.98 Å². The Morgan fingerprint density at radius 1 is 1.37 bits per heavy atom. The number of aliphatic hydroxyl groups is 4. The molecular weight excluding hydrogens is 258 g/mol. The molecule has 0 aromatic carbocycles. The fourth-order valence-electron chi connectivity index (χ4n) is 0.905. The van der Waals surface area contributed by atoms with Crippen molar-refractivity contribution in [3.8, 4) is 0 Å². The molecule has 3 atom stereocenters. The maximum absolute atomic E-state index is 10.2. The lowest BCUT2D eigenvalue weighted by Gasteiger charge is -2.16. The van der Waals surface area contributed by atoms with Gasteiger partial charge in [-0.25, -0.2) is 4.79 Å². The molecule has 8 nitrogen and oxygen atoms in total. The number of carbonyl (C=O) groups is 2. The van der Waals surface area contributed by atoms with Gasteiger partial charge < -0.3 is 30.3 Å². The van der Waals surface area contributed by atoms with E-state index in [1.54, 1.807) is 6.07 Å². The number of carbonyl (C=O) groups excluding carboxylic acids is 1. The zero-order chi connectivity index (χ0) is 14.8. The van der Waals surface area contributed by atoms with Gasteiger partial charge in [0.1, 0.15) is 18.3 Å². The lowest BCUT2D eigenvalue weighted by molar-refractivity contribution is -0.127. The van der Waals surface area contributed by atoms with E-state index in [0.717, 1.165) is 0 Å². The molecular formula is C11H15NO7. The first-order valence-electron chi connectivity index (χ1n) is 5.17. The third-order valence-corrected chi connectivity index (χ3v) is 1.98. The molecule has 1 aromatic rings. The van der Waals surface area contributed by atoms with Crippen molar-refractivity contribution in [2.45, 2.75) is 18.3 Å². The van der Waals surface area contributed by atoms with Gasteiger partial charge >= 0.3 is 5.97 Å². The van der Waals surface area contributed by atoms with Crippen molar-refractivity contribution in [3.63, 3.8) is 0 Å². The van der Waals surface area contributed by atoms with Crippen LogP contribution in [0.1, 0.15) is 10.4 Å². The van der Waals surface area contributed by atoms with Crippen LogP contribution >= 0.6 is 0 Å². The third kappa shape index (κ3) is 6.58. The number of aldehydes is 1. The van der Waals surface area contributed by atoms with E-state index >= 15 is 0 Å². The lowest BCUT2D eigenvalue weighted by atomic mass is 10.1. The highest BCUT2D eigenvalue weighted by atomic mass is 16.4. The summed E-state index contributed by atoms with van der Waals surface area (Å²) in [5.74, 6) is -0.942. The number of carboxylic acids is 1. The number of carboxylic acid groups (broad SMARTS) is 1. The van der Waals surface area contributed by atoms with E-state index in [9.17, 15) is 9.59 Å². The summed E-state index contributed by atoms with van der Waals surface area (Å²) in [6.07, 6.45) is -1.79. The number of aliphatic hydroxyl groups excluding tert-OH is 4. The van der Waals surface area contributed by atoms with Crippen LogP contribution in [0, 0.1) is 0 Å². The molecule has 0 radical (unpaired) electrons. The normalized spacial score (nSPS) is 14.5. The molecule has 1 aromatic heterocycles. The number of pyridine rings is 1. The molecule has 8 heteroatoms. The van der Waals surface area contributed by atoms with Gasteiger partial charge in [0.2, 0.25) is 0 Å². The smallest absolute Gasteiger partial charge is 0.337 e. The largest absolute Gasteiger partial charge is 0.478 e. The van der Waals surface area contributed by atoms with Crippen LogP contribution in [0.2, 0.25) is 0 Å². The van der Waals surface area contributed by atoms with Crippen LogP contribution in [0.5, 0.6) is 0 Å². The van der Waals surface area contributed by atoms with Crippen LogP contribution in [-0.2, 0) is 4.79 Å². The molecule has 0 fully saturated rings. The summed E-state index contributed by atoms with van der Waals surface area (Å²) in [6, 6.07) is 3.08. The summed E-state index contributed by atoms with van der Waals surface area (Å²) < 4.78 is 0. The molecule has 0 spiro atoms. The standard InChI is InChI=1S/C6H5NO2.C5H10O5/c8-6(9)5-2-1-3-7-4-5;6-1-3(8)5(10)4(9)2-7/h1-4H,(H,8,9);1,3-5,7-10H,2H2. The molecule has 0 aliphatic rings. The Morgan fingerprint density at radius 2 is 2.00 bits per heavy atom. The van der Waals surface area contributed by atoms with E-state index in [0.29, 0.717) is 0 Å². The van der Waals surface area contributed by atoms with Crippen LogP contribution in [0.3, 0.4) is 0 Å². The van der Waals surface area contributed by atoms with E-state index < -0.39 is 30.9 Å². The summed E-state index contributed by atoms with van der Waals surface area (Å²) in [4.78, 5) is 23.5. The Morgan fingerprint density at radius 3 is 2.32 bits per heavy atom. The van der Waals surface area contributed by atoms with Crippen molar-refractivity contribution in [3.05, 3.63) is 30.1 Å². The van der Waals surface area contributed by atoms with Gasteiger partial charge in [0.05, 0.1) is 12.2 Å². The molecule has 19 heavy (non-hydrogen) atoms. The third-order valence-electron chi connectivity index (χ3n) is 1.98. The Hall–Kier alpha value is -1.87. The molecule has 0 amide bonds. The van der Waals surface area contributed by atoms with Gasteiger partial charge in [-0.05, 0) is 12.1 Å². The van der Waals surface area contributed by atoms with E-state index in [2.05, 4.69) is 4.98 Å². The van der Waals surface area contributed by atoms with Crippen molar-refractivity contribution in [1.82, 2.24) is 4.98 Å². The molecule has 0 aliphatic carbocycles. The Kier molecular flexibility index (Phi) is 8.22. The molecule has 0 aliphatic heterocycles. The molecule has 0 bridgehead atoms. The number of aromatic nitrogens is 1. The summed E-state index contributed by atoms with van der Waals surface area (Å²) in [5.41, 5.74) is 0.220. The zero-order valence-corrected chi connectivity index (χ0v) is 9.83. The van der Waals surface area contributed by atoms with Crippen molar-refractivity contribution < 1.29 is 35.1 Å². The van der Waals surface area contributed by atoms with Crippen LogP contribution in [0.25, 0.3) is 0 Å². The summed E-state index contributed by atoms with van der Waals surface area (Å²) in [6.45, 7) is -0.688. The molecule has 3 unspecified atom stereocenters. The van der Waals surface area contributed by atoms with Gasteiger partial charge in [0.25, 0.3) is 0 Å². The minimum Gasteiger partial charge on any atom is -0.478 e. The zero-order valence-electron chi connectivity index (χ0n) is 9.83. The maximum atomic E-state index is 10.2. The Labute approximate surface area is 108 Å². The molecule has 5 N–H and O–H groups in total. The number of aromatic carboxylic acids is 1. The number of nitrogens with zero attached hydrogens (tertiary/aromatic N) is 1. The van der Waals surface area contributed by atoms with E-state index in [1.807, 2.05) is 0 Å². The average Bonchev–Trinajstić information content (AvgIpc) is 2.46. The van der Waals surface area contributed by atoms with Crippen molar-refractivity contribution in [2.75, 3.05) is 6.61 Å². The number of rotatable bonds is 5. The van der Waals surface area contributed by atoms with Gasteiger partial charge in [-0.15, -0.1) is 0 Å². The summed E-state index contributed by atoms with van der Waals surface area (Å²) in [7, 11) is 0. The van der Waals surface area contributed by atoms with Crippen molar-refractivity contribution in [1.29, 1.82) is 0 Å². The Bertz CT molecular complexity index is 384. The SMILES string of the molecule is O=C(O)c1cccnc1.O=CC(O)C(O)C(O)CO. The molecule has 1 rings (SSSR count). The van der Waals surface area contributed by atoms with Crippen LogP contribution in [0.4, 0.5) is 0 Å². The summed E-state index contributed by atoms with van der Waals surface area (Å²) >= 11 is 0. The molecule has 106 valence electrons. The van der Waals surface area contributed by atoms with E-state index in [-0.39, 0.29) is 11.8 Å². The Balaban J connectivity index is 0.000000342. The highest BCUT2D eigenvalue weighted by molar-refractivity contribution is 5.86. The molecule has 0 saturated carbocycles. The highest BCUT2D eigenvalue weighted by Crippen LogP contribution is 1.96. The second-order valence-corrected chi connectivity index (χ2v) is 3.41. The predicted octanol–water partition coefficient (Wildman–Crippen LogP) is -1.96. The van der Waals surface area contributed by atoms with Crippen molar-refractivity contribution >= 4 is 12.3 Å². The predicted molar refractivity (Wildman–Crippen MR) is 62.4 cm³/mol. The van der Waals surface area contributed by atoms with Crippen LogP contribution < -0.4 is 0 Å². The average molecular weight is 273 g/mol. The first-order chi connectivity index (χ1) is 8.93. The van der Waals surface area contributed by atoms with Gasteiger partial charge in [-0.1, -0.05) is 0 Å². The van der Waals surface area contributed by atoms with E-state index in [1.165, 1.54) is 18.5 Å². The number of hydrogen-bond donors (Lipinski definition) is 5. The second kappa shape index (κ2) is 9.11. The van der Waals surface area contributed by atoms with E-state index in [4.69, 9.17) is 25.5 Å². The minimum atomic E-state index is -1.64. The quantitative estimate of drug-likeness (QED) is 0.388. The van der Waals surface area contributed by atoms with Gasteiger partial charge in [-0.2, -0.15) is 0 Å². The molecule has 0 saturated heterocycles. The maximum Gasteiger partial charge on any atom is 0.337 e. The van der Waals surface area contributed by atoms with Crippen LogP contribution in [-0.4, -0.2) is 67.7 Å². The van der Waals surface area contributed by atoms with Crippen LogP contribution in [0.15, 0.2) is 24.5 Å². The summed E-state index contributed by atoms with van der Waals surface area (Å²) in [5, 5.41) is 42.4. The fraction of sp³-hybridized carbons (Fsp3) is 0.364. The topological polar surface area (TPSA) is 148 Å². The minimum absolute atomic E-state index is 0.0869. The number of hydrogen-bond acceptors (Lipinski definition) is 7. The van der Waals surface area contributed by atoms with Gasteiger partial charge in [0.15, 0.2) is 6.29 Å². The first-order valence-corrected chi connectivity index (χ1v) is 5.17. The van der Waals surface area contributed by atoms with Gasteiger partial charge in [0, 0.05) is 12.4 Å². The molecule has 1 heterocycles.